The molecule has 1 aliphatic heterocycles. The molecule has 0 aliphatic carbocycles. The predicted octanol–water partition coefficient (Wildman–Crippen LogP) is 2.49. The number of methoxy groups -OCH3 is 2. The van der Waals surface area contributed by atoms with Crippen LogP contribution in [0.4, 0.5) is 14.5 Å². The van der Waals surface area contributed by atoms with Gasteiger partial charge in [-0.05, 0) is 24.3 Å². The van der Waals surface area contributed by atoms with Gasteiger partial charge in [0.2, 0.25) is 10.0 Å². The Morgan fingerprint density at radius 1 is 0.889 bits per heavy atom. The molecule has 0 saturated carbocycles. The lowest BCUT2D eigenvalue weighted by Gasteiger charge is -2.35. The summed E-state index contributed by atoms with van der Waals surface area (Å²) in [5, 5.41) is 0. The average Bonchev–Trinajstić information content (AvgIpc) is 2.68. The molecular formula is C18H20F2N2O4S. The summed E-state index contributed by atoms with van der Waals surface area (Å²) in [6, 6.07) is 8.15. The Bertz CT molecular complexity index is 912. The molecule has 9 heteroatoms. The first-order valence-electron chi connectivity index (χ1n) is 8.29. The maximum atomic E-state index is 14.4. The molecule has 146 valence electrons. The van der Waals surface area contributed by atoms with E-state index in [2.05, 4.69) is 0 Å². The van der Waals surface area contributed by atoms with Crippen molar-refractivity contribution in [3.8, 4) is 11.5 Å². The fourth-order valence-corrected chi connectivity index (χ4v) is 4.49. The molecule has 0 atom stereocenters. The van der Waals surface area contributed by atoms with Gasteiger partial charge in [-0.1, -0.05) is 0 Å². The van der Waals surface area contributed by atoms with E-state index in [1.807, 2.05) is 4.90 Å². The molecule has 1 aliphatic rings. The van der Waals surface area contributed by atoms with Gasteiger partial charge in [0.05, 0.1) is 14.2 Å². The molecule has 0 unspecified atom stereocenters. The second-order valence-corrected chi connectivity index (χ2v) is 7.91. The Morgan fingerprint density at radius 3 is 2.00 bits per heavy atom. The van der Waals surface area contributed by atoms with E-state index in [9.17, 15) is 17.2 Å². The molecule has 0 amide bonds. The van der Waals surface area contributed by atoms with Gasteiger partial charge in [0, 0.05) is 44.0 Å². The SMILES string of the molecule is COc1cc(F)c(S(=O)(=O)N2CCN(c3ccc(F)cc3)CC2)cc1OC. The fraction of sp³-hybridized carbons (Fsp3) is 0.333. The lowest BCUT2D eigenvalue weighted by molar-refractivity contribution is 0.348. The number of rotatable bonds is 5. The zero-order valence-electron chi connectivity index (χ0n) is 15.0. The molecule has 0 bridgehead atoms. The molecule has 2 aromatic carbocycles. The molecule has 1 saturated heterocycles. The van der Waals surface area contributed by atoms with Crippen molar-refractivity contribution in [1.82, 2.24) is 4.31 Å². The topological polar surface area (TPSA) is 59.1 Å². The number of hydrogen-bond donors (Lipinski definition) is 0. The van der Waals surface area contributed by atoms with E-state index in [-0.39, 0.29) is 30.4 Å². The van der Waals surface area contributed by atoms with Crippen LogP contribution in [0.1, 0.15) is 0 Å². The van der Waals surface area contributed by atoms with Crippen molar-refractivity contribution in [3.63, 3.8) is 0 Å². The first-order chi connectivity index (χ1) is 12.9. The number of piperazine rings is 1. The number of anilines is 1. The minimum atomic E-state index is -4.03. The van der Waals surface area contributed by atoms with Crippen molar-refractivity contribution >= 4 is 15.7 Å². The van der Waals surface area contributed by atoms with Crippen LogP contribution < -0.4 is 14.4 Å². The van der Waals surface area contributed by atoms with Crippen molar-refractivity contribution in [2.75, 3.05) is 45.3 Å². The number of benzene rings is 2. The maximum absolute atomic E-state index is 14.4. The van der Waals surface area contributed by atoms with Gasteiger partial charge in [-0.25, -0.2) is 17.2 Å². The highest BCUT2D eigenvalue weighted by Gasteiger charge is 2.32. The molecule has 1 fully saturated rings. The minimum Gasteiger partial charge on any atom is -0.493 e. The monoisotopic (exact) mass is 398 g/mol. The summed E-state index contributed by atoms with van der Waals surface area (Å²) in [5.74, 6) is -0.963. The van der Waals surface area contributed by atoms with Crippen LogP contribution in [-0.2, 0) is 10.0 Å². The molecule has 1 heterocycles. The van der Waals surface area contributed by atoms with Gasteiger partial charge in [-0.3, -0.25) is 0 Å². The molecule has 0 spiro atoms. The van der Waals surface area contributed by atoms with Crippen molar-refractivity contribution in [2.45, 2.75) is 4.90 Å². The highest BCUT2D eigenvalue weighted by atomic mass is 32.2. The third-order valence-corrected chi connectivity index (χ3v) is 6.40. The Kier molecular flexibility index (Phi) is 5.52. The van der Waals surface area contributed by atoms with Crippen LogP contribution in [0.25, 0.3) is 0 Å². The summed E-state index contributed by atoms with van der Waals surface area (Å²) >= 11 is 0. The van der Waals surface area contributed by atoms with Gasteiger partial charge < -0.3 is 14.4 Å². The highest BCUT2D eigenvalue weighted by molar-refractivity contribution is 7.89. The normalized spacial score (nSPS) is 15.6. The first-order valence-corrected chi connectivity index (χ1v) is 9.73. The van der Waals surface area contributed by atoms with Gasteiger partial charge in [-0.2, -0.15) is 4.31 Å². The van der Waals surface area contributed by atoms with Crippen LogP contribution in [-0.4, -0.2) is 53.1 Å². The second-order valence-electron chi connectivity index (χ2n) is 6.01. The van der Waals surface area contributed by atoms with E-state index in [1.54, 1.807) is 12.1 Å². The Balaban J connectivity index is 1.80. The third kappa shape index (κ3) is 3.84. The molecule has 27 heavy (non-hydrogen) atoms. The van der Waals surface area contributed by atoms with Crippen molar-refractivity contribution in [3.05, 3.63) is 48.0 Å². The van der Waals surface area contributed by atoms with Crippen LogP contribution in [0.2, 0.25) is 0 Å². The summed E-state index contributed by atoms with van der Waals surface area (Å²) < 4.78 is 64.5. The first kappa shape index (κ1) is 19.4. The Morgan fingerprint density at radius 2 is 1.44 bits per heavy atom. The van der Waals surface area contributed by atoms with Crippen molar-refractivity contribution in [2.24, 2.45) is 0 Å². The van der Waals surface area contributed by atoms with E-state index in [0.717, 1.165) is 17.8 Å². The van der Waals surface area contributed by atoms with Crippen molar-refractivity contribution < 1.29 is 26.7 Å². The largest absolute Gasteiger partial charge is 0.493 e. The van der Waals surface area contributed by atoms with Gasteiger partial charge in [0.15, 0.2) is 11.5 Å². The van der Waals surface area contributed by atoms with E-state index < -0.39 is 20.7 Å². The number of ether oxygens (including phenoxy) is 2. The van der Waals surface area contributed by atoms with E-state index >= 15 is 0 Å². The van der Waals surface area contributed by atoms with Crippen LogP contribution in [0.5, 0.6) is 11.5 Å². The van der Waals surface area contributed by atoms with Crippen LogP contribution >= 0.6 is 0 Å². The van der Waals surface area contributed by atoms with E-state index in [4.69, 9.17) is 9.47 Å². The molecule has 6 nitrogen and oxygen atoms in total. The number of sulfonamides is 1. The zero-order chi connectivity index (χ0) is 19.6. The summed E-state index contributed by atoms with van der Waals surface area (Å²) in [6.07, 6.45) is 0. The highest BCUT2D eigenvalue weighted by Crippen LogP contribution is 2.33. The standard InChI is InChI=1S/C18H20F2N2O4S/c1-25-16-11-15(20)18(12-17(16)26-2)27(23,24)22-9-7-21(8-10-22)14-5-3-13(19)4-6-14/h3-6,11-12H,7-10H2,1-2H3. The van der Waals surface area contributed by atoms with Gasteiger partial charge in [0.25, 0.3) is 0 Å². The Labute approximate surface area is 157 Å². The van der Waals surface area contributed by atoms with E-state index in [0.29, 0.717) is 13.1 Å². The molecule has 0 N–H and O–H groups in total. The average molecular weight is 398 g/mol. The van der Waals surface area contributed by atoms with Crippen LogP contribution in [0, 0.1) is 11.6 Å². The number of nitrogens with zero attached hydrogens (tertiary/aromatic N) is 2. The molecule has 0 aromatic heterocycles. The summed E-state index contributed by atoms with van der Waals surface area (Å²) in [4.78, 5) is 1.51. The summed E-state index contributed by atoms with van der Waals surface area (Å²) in [7, 11) is -1.32. The third-order valence-electron chi connectivity index (χ3n) is 4.49. The van der Waals surface area contributed by atoms with E-state index in [1.165, 1.54) is 30.7 Å². The van der Waals surface area contributed by atoms with Gasteiger partial charge in [0.1, 0.15) is 16.5 Å². The van der Waals surface area contributed by atoms with Crippen LogP contribution in [0.15, 0.2) is 41.3 Å². The van der Waals surface area contributed by atoms with Crippen molar-refractivity contribution in [1.29, 1.82) is 0 Å². The number of hydrogen-bond acceptors (Lipinski definition) is 5. The molecular weight excluding hydrogens is 378 g/mol. The maximum Gasteiger partial charge on any atom is 0.246 e. The lowest BCUT2D eigenvalue weighted by Crippen LogP contribution is -2.48. The number of halogens is 2. The minimum absolute atomic E-state index is 0.120. The molecule has 3 rings (SSSR count). The quantitative estimate of drug-likeness (QED) is 0.775. The Hall–Kier alpha value is -2.39. The summed E-state index contributed by atoms with van der Waals surface area (Å²) in [5.41, 5.74) is 0.811. The predicted molar refractivity (Wildman–Crippen MR) is 96.9 cm³/mol. The second kappa shape index (κ2) is 7.69. The fourth-order valence-electron chi connectivity index (χ4n) is 3.01. The van der Waals surface area contributed by atoms with Crippen LogP contribution in [0.3, 0.4) is 0 Å². The molecule has 0 radical (unpaired) electrons. The van der Waals surface area contributed by atoms with Gasteiger partial charge >= 0.3 is 0 Å². The zero-order valence-corrected chi connectivity index (χ0v) is 15.8. The van der Waals surface area contributed by atoms with Gasteiger partial charge in [-0.15, -0.1) is 0 Å². The smallest absolute Gasteiger partial charge is 0.246 e. The summed E-state index contributed by atoms with van der Waals surface area (Å²) in [6.45, 7) is 1.21. The molecule has 2 aromatic rings. The lowest BCUT2D eigenvalue weighted by atomic mass is 10.2.